The summed E-state index contributed by atoms with van der Waals surface area (Å²) < 4.78 is 0. The average Bonchev–Trinajstić information content (AvgIpc) is 3.33. The summed E-state index contributed by atoms with van der Waals surface area (Å²) in [6.45, 7) is 6.29. The van der Waals surface area contributed by atoms with Gasteiger partial charge in [-0.25, -0.2) is 14.8 Å². The highest BCUT2D eigenvalue weighted by Crippen LogP contribution is 2.58. The number of anilines is 2. The van der Waals surface area contributed by atoms with Crippen molar-refractivity contribution in [3.8, 4) is 0 Å². The molecule has 0 radical (unpaired) electrons. The first-order valence-corrected chi connectivity index (χ1v) is 11.5. The van der Waals surface area contributed by atoms with Crippen molar-refractivity contribution >= 4 is 23.6 Å². The molecule has 0 bridgehead atoms. The van der Waals surface area contributed by atoms with E-state index in [4.69, 9.17) is 0 Å². The second kappa shape index (κ2) is 8.07. The summed E-state index contributed by atoms with van der Waals surface area (Å²) in [5.74, 6) is 0.955. The van der Waals surface area contributed by atoms with E-state index in [1.54, 1.807) is 12.4 Å². The zero-order valence-corrected chi connectivity index (χ0v) is 18.5. The van der Waals surface area contributed by atoms with Crippen LogP contribution in [0.25, 0.3) is 0 Å². The number of benzene rings is 1. The predicted octanol–water partition coefficient (Wildman–Crippen LogP) is 2.85. The molecule has 1 N–H and O–H groups in total. The molecule has 2 spiro atoms. The maximum absolute atomic E-state index is 13.6. The molecule has 1 atom stereocenters. The van der Waals surface area contributed by atoms with Gasteiger partial charge in [-0.1, -0.05) is 18.2 Å². The molecule has 8 nitrogen and oxygen atoms in total. The minimum absolute atomic E-state index is 0.0747. The lowest BCUT2D eigenvalue weighted by Gasteiger charge is -2.46. The van der Waals surface area contributed by atoms with Gasteiger partial charge in [-0.2, -0.15) is 0 Å². The fourth-order valence-corrected chi connectivity index (χ4v) is 5.94. The van der Waals surface area contributed by atoms with Gasteiger partial charge in [0.2, 0.25) is 11.9 Å². The number of para-hydroxylation sites is 1. The first-order chi connectivity index (χ1) is 15.6. The van der Waals surface area contributed by atoms with E-state index in [1.165, 1.54) is 0 Å². The minimum Gasteiger partial charge on any atom is -0.342 e. The van der Waals surface area contributed by atoms with Crippen molar-refractivity contribution in [2.75, 3.05) is 49.5 Å². The van der Waals surface area contributed by atoms with Crippen LogP contribution in [0.1, 0.15) is 26.2 Å². The van der Waals surface area contributed by atoms with Crippen LogP contribution < -0.4 is 10.2 Å². The van der Waals surface area contributed by atoms with Crippen LogP contribution >= 0.6 is 0 Å². The van der Waals surface area contributed by atoms with Crippen molar-refractivity contribution in [2.45, 2.75) is 26.2 Å². The van der Waals surface area contributed by atoms with Crippen LogP contribution in [0.3, 0.4) is 0 Å². The Hall–Kier alpha value is -3.16. The Labute approximate surface area is 188 Å². The van der Waals surface area contributed by atoms with Crippen molar-refractivity contribution < 1.29 is 9.59 Å². The Morgan fingerprint density at radius 1 is 1.00 bits per heavy atom. The topological polar surface area (TPSA) is 81.7 Å². The summed E-state index contributed by atoms with van der Waals surface area (Å²) >= 11 is 0. The highest BCUT2D eigenvalue weighted by atomic mass is 16.2. The maximum atomic E-state index is 13.6. The molecule has 3 fully saturated rings. The molecule has 0 aliphatic carbocycles. The van der Waals surface area contributed by atoms with Crippen LogP contribution in [0.5, 0.6) is 0 Å². The van der Waals surface area contributed by atoms with Crippen LogP contribution in [0.4, 0.5) is 16.4 Å². The van der Waals surface area contributed by atoms with E-state index < -0.39 is 5.41 Å². The van der Waals surface area contributed by atoms with E-state index in [2.05, 4.69) is 20.2 Å². The molecule has 168 valence electrons. The minimum atomic E-state index is -0.426. The van der Waals surface area contributed by atoms with E-state index in [1.807, 2.05) is 53.1 Å². The summed E-state index contributed by atoms with van der Waals surface area (Å²) in [4.78, 5) is 41.5. The Morgan fingerprint density at radius 3 is 2.38 bits per heavy atom. The first kappa shape index (κ1) is 20.7. The number of carbonyl (C=O) groups excluding carboxylic acids is 2. The molecule has 2 aromatic rings. The van der Waals surface area contributed by atoms with Crippen molar-refractivity contribution in [1.82, 2.24) is 19.8 Å². The number of amides is 3. The molecule has 8 heteroatoms. The Morgan fingerprint density at radius 2 is 1.72 bits per heavy atom. The molecular weight excluding hydrogens is 404 g/mol. The van der Waals surface area contributed by atoms with Gasteiger partial charge in [-0.15, -0.1) is 0 Å². The molecule has 4 heterocycles. The smallest absolute Gasteiger partial charge is 0.321 e. The third kappa shape index (κ3) is 3.29. The van der Waals surface area contributed by atoms with Crippen molar-refractivity contribution in [3.63, 3.8) is 0 Å². The normalized spacial score (nSPS) is 24.5. The summed E-state index contributed by atoms with van der Waals surface area (Å²) in [6, 6.07) is 11.3. The quantitative estimate of drug-likeness (QED) is 0.803. The zero-order valence-electron chi connectivity index (χ0n) is 18.5. The van der Waals surface area contributed by atoms with Crippen LogP contribution in [0, 0.1) is 10.8 Å². The number of likely N-dealkylation sites (tertiary alicyclic amines) is 2. The van der Waals surface area contributed by atoms with E-state index >= 15 is 0 Å². The standard InChI is InChI=1S/C24H30N6O2/c1-2-28-16-11-24(20(28)31)18-30(21-25-12-6-13-26-21)17-23(24)9-14-29(15-10-23)22(32)27-19-7-4-3-5-8-19/h3-8,12-13H,2,9-11,14-18H2,1H3,(H,27,32). The van der Waals surface area contributed by atoms with E-state index in [9.17, 15) is 9.59 Å². The predicted molar refractivity (Wildman–Crippen MR) is 122 cm³/mol. The molecule has 3 aliphatic rings. The largest absolute Gasteiger partial charge is 0.342 e. The Bertz CT molecular complexity index is 976. The molecule has 3 aliphatic heterocycles. The molecule has 1 aromatic heterocycles. The van der Waals surface area contributed by atoms with E-state index in [0.717, 1.165) is 44.6 Å². The molecular formula is C24H30N6O2. The van der Waals surface area contributed by atoms with Crippen molar-refractivity contribution in [3.05, 3.63) is 48.8 Å². The number of aromatic nitrogens is 2. The number of urea groups is 1. The maximum Gasteiger partial charge on any atom is 0.321 e. The number of nitrogens with one attached hydrogen (secondary N) is 1. The summed E-state index contributed by atoms with van der Waals surface area (Å²) in [5.41, 5.74) is 0.202. The number of nitrogens with zero attached hydrogens (tertiary/aromatic N) is 5. The van der Waals surface area contributed by atoms with Crippen LogP contribution in [0.15, 0.2) is 48.8 Å². The summed E-state index contributed by atoms with van der Waals surface area (Å²) in [5, 5.41) is 2.99. The van der Waals surface area contributed by atoms with Gasteiger partial charge in [-0.05, 0) is 44.4 Å². The van der Waals surface area contributed by atoms with Crippen LogP contribution in [0.2, 0.25) is 0 Å². The van der Waals surface area contributed by atoms with Gasteiger partial charge in [0.05, 0.1) is 5.41 Å². The number of fused-ring (bicyclic) bond motifs is 1. The third-order valence-electron chi connectivity index (χ3n) is 7.72. The summed E-state index contributed by atoms with van der Waals surface area (Å²) in [7, 11) is 0. The summed E-state index contributed by atoms with van der Waals surface area (Å²) in [6.07, 6.45) is 5.99. The lowest BCUT2D eigenvalue weighted by Crippen LogP contribution is -2.54. The first-order valence-electron chi connectivity index (χ1n) is 11.5. The number of carbonyl (C=O) groups is 2. The highest BCUT2D eigenvalue weighted by molar-refractivity contribution is 5.90. The zero-order chi connectivity index (χ0) is 22.2. The van der Waals surface area contributed by atoms with E-state index in [0.29, 0.717) is 25.6 Å². The van der Waals surface area contributed by atoms with Crippen molar-refractivity contribution in [1.29, 1.82) is 0 Å². The number of hydrogen-bond acceptors (Lipinski definition) is 5. The van der Waals surface area contributed by atoms with Gasteiger partial charge in [0, 0.05) is 62.8 Å². The second-order valence-corrected chi connectivity index (χ2v) is 9.19. The number of hydrogen-bond donors (Lipinski definition) is 1. The molecule has 3 saturated heterocycles. The third-order valence-corrected chi connectivity index (χ3v) is 7.72. The van der Waals surface area contributed by atoms with Gasteiger partial charge in [0.25, 0.3) is 0 Å². The van der Waals surface area contributed by atoms with Crippen LogP contribution in [-0.2, 0) is 4.79 Å². The molecule has 1 unspecified atom stereocenters. The highest BCUT2D eigenvalue weighted by Gasteiger charge is 2.65. The van der Waals surface area contributed by atoms with E-state index in [-0.39, 0.29) is 17.4 Å². The number of piperidine rings is 1. The molecule has 32 heavy (non-hydrogen) atoms. The van der Waals surface area contributed by atoms with Gasteiger partial charge in [0.15, 0.2) is 0 Å². The Balaban J connectivity index is 1.37. The fraction of sp³-hybridized carbons (Fsp3) is 0.500. The lowest BCUT2D eigenvalue weighted by molar-refractivity contribution is -0.141. The van der Waals surface area contributed by atoms with Crippen molar-refractivity contribution in [2.24, 2.45) is 10.8 Å². The van der Waals surface area contributed by atoms with Gasteiger partial charge in [-0.3, -0.25) is 4.79 Å². The van der Waals surface area contributed by atoms with Gasteiger partial charge < -0.3 is 20.0 Å². The molecule has 3 amide bonds. The monoisotopic (exact) mass is 434 g/mol. The average molecular weight is 435 g/mol. The lowest BCUT2D eigenvalue weighted by atomic mass is 9.60. The van der Waals surface area contributed by atoms with Gasteiger partial charge in [0.1, 0.15) is 0 Å². The molecule has 0 saturated carbocycles. The van der Waals surface area contributed by atoms with Crippen LogP contribution in [-0.4, -0.2) is 71.0 Å². The molecule has 5 rings (SSSR count). The molecule has 1 aromatic carbocycles. The fourth-order valence-electron chi connectivity index (χ4n) is 5.94. The Kier molecular flexibility index (Phi) is 5.23. The SMILES string of the molecule is CCN1CCC2(CN(c3ncccn3)CC23CCN(C(=O)Nc2ccccc2)CC3)C1=O. The van der Waals surface area contributed by atoms with Gasteiger partial charge >= 0.3 is 6.03 Å². The second-order valence-electron chi connectivity index (χ2n) is 9.19. The number of rotatable bonds is 3.